The second-order valence-electron chi connectivity index (χ2n) is 3.95. The van der Waals surface area contributed by atoms with Crippen molar-refractivity contribution in [3.8, 4) is 12.3 Å². The SMILES string of the molecule is C#CC(O)CCCCCCCCCC. The first kappa shape index (κ1) is 13.5. The zero-order valence-electron chi connectivity index (χ0n) is 9.47. The van der Waals surface area contributed by atoms with E-state index in [1.54, 1.807) is 0 Å². The second-order valence-corrected chi connectivity index (χ2v) is 3.95. The van der Waals surface area contributed by atoms with Crippen molar-refractivity contribution in [2.24, 2.45) is 0 Å². The third kappa shape index (κ3) is 9.61. The Hall–Kier alpha value is -0.480. The Bertz CT molecular complexity index is 146. The number of terminal acetylenes is 1. The van der Waals surface area contributed by atoms with Gasteiger partial charge in [-0.05, 0) is 12.8 Å². The van der Waals surface area contributed by atoms with Gasteiger partial charge < -0.3 is 5.11 Å². The Morgan fingerprint density at radius 1 is 1.00 bits per heavy atom. The van der Waals surface area contributed by atoms with Crippen molar-refractivity contribution in [3.05, 3.63) is 0 Å². The maximum absolute atomic E-state index is 9.09. The van der Waals surface area contributed by atoms with Crippen molar-refractivity contribution in [3.63, 3.8) is 0 Å². The van der Waals surface area contributed by atoms with Crippen LogP contribution in [0.25, 0.3) is 0 Å². The molecule has 0 aromatic rings. The minimum Gasteiger partial charge on any atom is -0.380 e. The Morgan fingerprint density at radius 2 is 1.50 bits per heavy atom. The lowest BCUT2D eigenvalue weighted by molar-refractivity contribution is 0.217. The van der Waals surface area contributed by atoms with Crippen LogP contribution in [0.5, 0.6) is 0 Å². The topological polar surface area (TPSA) is 20.2 Å². The number of hydrogen-bond donors (Lipinski definition) is 1. The van der Waals surface area contributed by atoms with Gasteiger partial charge >= 0.3 is 0 Å². The smallest absolute Gasteiger partial charge is 0.114 e. The first-order valence-electron chi connectivity index (χ1n) is 5.95. The minimum atomic E-state index is -0.518. The molecule has 1 unspecified atom stereocenters. The summed E-state index contributed by atoms with van der Waals surface area (Å²) in [7, 11) is 0. The molecule has 0 aromatic heterocycles. The van der Waals surface area contributed by atoms with Crippen LogP contribution in [0.1, 0.15) is 64.7 Å². The zero-order chi connectivity index (χ0) is 10.6. The van der Waals surface area contributed by atoms with Gasteiger partial charge in [-0.2, -0.15) is 0 Å². The number of hydrogen-bond acceptors (Lipinski definition) is 1. The lowest BCUT2D eigenvalue weighted by Crippen LogP contribution is -2.01. The summed E-state index contributed by atoms with van der Waals surface area (Å²) in [5, 5.41) is 9.09. The molecule has 1 atom stereocenters. The third-order valence-corrected chi connectivity index (χ3v) is 2.52. The van der Waals surface area contributed by atoms with E-state index in [0.29, 0.717) is 0 Å². The largest absolute Gasteiger partial charge is 0.380 e. The summed E-state index contributed by atoms with van der Waals surface area (Å²) >= 11 is 0. The standard InChI is InChI=1S/C13H24O/c1-3-5-6-7-8-9-10-11-12-13(14)4-2/h2,13-14H,3,5-12H2,1H3. The van der Waals surface area contributed by atoms with E-state index in [-0.39, 0.29) is 0 Å². The molecule has 0 aliphatic heterocycles. The van der Waals surface area contributed by atoms with Crippen LogP contribution in [0.15, 0.2) is 0 Å². The minimum absolute atomic E-state index is 0.518. The van der Waals surface area contributed by atoms with Crippen LogP contribution in [0.3, 0.4) is 0 Å². The highest BCUT2D eigenvalue weighted by Crippen LogP contribution is 2.10. The molecule has 0 aliphatic carbocycles. The molecule has 0 bridgehead atoms. The highest BCUT2D eigenvalue weighted by Gasteiger charge is 1.97. The number of aliphatic hydroxyl groups excluding tert-OH is 1. The van der Waals surface area contributed by atoms with Crippen molar-refractivity contribution >= 4 is 0 Å². The quantitative estimate of drug-likeness (QED) is 0.442. The molecule has 1 heteroatoms. The van der Waals surface area contributed by atoms with E-state index in [1.165, 1.54) is 44.9 Å². The first-order valence-corrected chi connectivity index (χ1v) is 5.95. The summed E-state index contributed by atoms with van der Waals surface area (Å²) in [6.07, 6.45) is 15.7. The average molecular weight is 196 g/mol. The van der Waals surface area contributed by atoms with Crippen molar-refractivity contribution < 1.29 is 5.11 Å². The van der Waals surface area contributed by atoms with E-state index in [1.807, 2.05) is 0 Å². The molecule has 1 nitrogen and oxygen atoms in total. The Morgan fingerprint density at radius 3 is 2.00 bits per heavy atom. The average Bonchev–Trinajstić information content (AvgIpc) is 2.21. The molecule has 0 saturated carbocycles. The molecule has 0 saturated heterocycles. The van der Waals surface area contributed by atoms with Crippen LogP contribution in [-0.4, -0.2) is 11.2 Å². The van der Waals surface area contributed by atoms with Crippen LogP contribution in [0, 0.1) is 12.3 Å². The van der Waals surface area contributed by atoms with Crippen LogP contribution >= 0.6 is 0 Å². The number of rotatable bonds is 9. The fourth-order valence-electron chi connectivity index (χ4n) is 1.55. The van der Waals surface area contributed by atoms with E-state index in [0.717, 1.165) is 12.8 Å². The Balaban J connectivity index is 2.96. The monoisotopic (exact) mass is 196 g/mol. The van der Waals surface area contributed by atoms with Gasteiger partial charge in [0.1, 0.15) is 6.10 Å². The maximum Gasteiger partial charge on any atom is 0.114 e. The van der Waals surface area contributed by atoms with Gasteiger partial charge in [-0.3, -0.25) is 0 Å². The van der Waals surface area contributed by atoms with Crippen molar-refractivity contribution in [2.75, 3.05) is 0 Å². The molecule has 82 valence electrons. The number of unbranched alkanes of at least 4 members (excludes halogenated alkanes) is 7. The predicted molar refractivity (Wildman–Crippen MR) is 62.1 cm³/mol. The summed E-state index contributed by atoms with van der Waals surface area (Å²) in [6.45, 7) is 2.24. The molecule has 0 aliphatic rings. The molecular weight excluding hydrogens is 172 g/mol. The summed E-state index contributed by atoms with van der Waals surface area (Å²) in [5.74, 6) is 2.34. The Labute approximate surface area is 88.9 Å². The maximum atomic E-state index is 9.09. The molecule has 0 amide bonds. The zero-order valence-corrected chi connectivity index (χ0v) is 9.47. The molecule has 0 spiro atoms. The van der Waals surface area contributed by atoms with E-state index in [9.17, 15) is 0 Å². The summed E-state index contributed by atoms with van der Waals surface area (Å²) < 4.78 is 0. The summed E-state index contributed by atoms with van der Waals surface area (Å²) in [6, 6.07) is 0. The molecule has 0 heterocycles. The normalized spacial score (nSPS) is 12.4. The molecule has 0 radical (unpaired) electrons. The molecule has 14 heavy (non-hydrogen) atoms. The third-order valence-electron chi connectivity index (χ3n) is 2.52. The van der Waals surface area contributed by atoms with Gasteiger partial charge in [-0.25, -0.2) is 0 Å². The van der Waals surface area contributed by atoms with Crippen LogP contribution in [0.2, 0.25) is 0 Å². The summed E-state index contributed by atoms with van der Waals surface area (Å²) in [5.41, 5.74) is 0. The Kier molecular flexibility index (Phi) is 10.2. The highest BCUT2D eigenvalue weighted by molar-refractivity contribution is 4.92. The molecule has 0 aromatic carbocycles. The van der Waals surface area contributed by atoms with Crippen LogP contribution in [0.4, 0.5) is 0 Å². The molecule has 0 rings (SSSR count). The van der Waals surface area contributed by atoms with E-state index < -0.39 is 6.10 Å². The molecule has 1 N–H and O–H groups in total. The fourth-order valence-corrected chi connectivity index (χ4v) is 1.55. The van der Waals surface area contributed by atoms with Gasteiger partial charge in [0.25, 0.3) is 0 Å². The number of aliphatic hydroxyl groups is 1. The molecule has 0 fully saturated rings. The predicted octanol–water partition coefficient (Wildman–Crippen LogP) is 3.51. The van der Waals surface area contributed by atoms with Crippen molar-refractivity contribution in [2.45, 2.75) is 70.8 Å². The van der Waals surface area contributed by atoms with Crippen molar-refractivity contribution in [1.82, 2.24) is 0 Å². The highest BCUT2D eigenvalue weighted by atomic mass is 16.3. The van der Waals surface area contributed by atoms with E-state index in [2.05, 4.69) is 12.8 Å². The van der Waals surface area contributed by atoms with Gasteiger partial charge in [0, 0.05) is 0 Å². The lowest BCUT2D eigenvalue weighted by Gasteiger charge is -2.03. The van der Waals surface area contributed by atoms with Crippen LogP contribution in [-0.2, 0) is 0 Å². The van der Waals surface area contributed by atoms with Crippen LogP contribution < -0.4 is 0 Å². The lowest BCUT2D eigenvalue weighted by atomic mass is 10.1. The van der Waals surface area contributed by atoms with Gasteiger partial charge in [0.05, 0.1) is 0 Å². The van der Waals surface area contributed by atoms with Gasteiger partial charge in [-0.1, -0.05) is 57.8 Å². The fraction of sp³-hybridized carbons (Fsp3) is 0.846. The van der Waals surface area contributed by atoms with Gasteiger partial charge in [-0.15, -0.1) is 6.42 Å². The summed E-state index contributed by atoms with van der Waals surface area (Å²) in [4.78, 5) is 0. The van der Waals surface area contributed by atoms with Crippen molar-refractivity contribution in [1.29, 1.82) is 0 Å². The van der Waals surface area contributed by atoms with Gasteiger partial charge in [0.2, 0.25) is 0 Å². The molecular formula is C13H24O. The van der Waals surface area contributed by atoms with Gasteiger partial charge in [0.15, 0.2) is 0 Å². The van der Waals surface area contributed by atoms with E-state index in [4.69, 9.17) is 11.5 Å². The second kappa shape index (κ2) is 10.6. The van der Waals surface area contributed by atoms with E-state index >= 15 is 0 Å². The first-order chi connectivity index (χ1) is 6.81.